The fourth-order valence-corrected chi connectivity index (χ4v) is 3.19. The summed E-state index contributed by atoms with van der Waals surface area (Å²) in [6, 6.07) is 6.26. The third-order valence-corrected chi connectivity index (χ3v) is 4.93. The van der Waals surface area contributed by atoms with Crippen LogP contribution in [-0.4, -0.2) is 37.1 Å². The van der Waals surface area contributed by atoms with Gasteiger partial charge in [-0.25, -0.2) is 9.69 Å². The van der Waals surface area contributed by atoms with E-state index in [-0.39, 0.29) is 17.9 Å². The normalized spacial score (nSPS) is 22.5. The van der Waals surface area contributed by atoms with Crippen LogP contribution in [0.2, 0.25) is 0 Å². The number of hydrogen-bond acceptors (Lipinski definition) is 5. The highest BCUT2D eigenvalue weighted by molar-refractivity contribution is 6.30. The van der Waals surface area contributed by atoms with Crippen molar-refractivity contribution in [3.8, 4) is 0 Å². The Kier molecular flexibility index (Phi) is 5.23. The number of carbonyl (C=O) groups excluding carboxylic acids is 3. The van der Waals surface area contributed by atoms with Gasteiger partial charge in [0.05, 0.1) is 30.6 Å². The summed E-state index contributed by atoms with van der Waals surface area (Å²) >= 11 is 0. The molecule has 2 aliphatic rings. The summed E-state index contributed by atoms with van der Waals surface area (Å²) in [5, 5.41) is 0. The Morgan fingerprint density at radius 1 is 1.27 bits per heavy atom. The summed E-state index contributed by atoms with van der Waals surface area (Å²) in [6.07, 6.45) is 2.15. The molecule has 2 aliphatic heterocycles. The molecule has 0 spiro atoms. The summed E-state index contributed by atoms with van der Waals surface area (Å²) in [4.78, 5) is 37.1. The molecular weight excluding hydrogens is 334 g/mol. The van der Waals surface area contributed by atoms with Crippen LogP contribution in [-0.2, 0) is 19.1 Å². The molecule has 2 atom stereocenters. The number of esters is 1. The number of benzene rings is 1. The standard InChI is InChI=1S/C20H23NO5/c1-12(2)16-11-26-17(16)8-9-25-20(24)14-4-6-15(7-5-14)21-18(22)10-13(3)19(21)23/h4-7,10,12,16-17H,8-9,11H2,1-3H3. The molecule has 1 fully saturated rings. The number of hydrogen-bond donors (Lipinski definition) is 0. The van der Waals surface area contributed by atoms with Crippen LogP contribution in [0.25, 0.3) is 0 Å². The molecule has 1 aromatic carbocycles. The molecule has 26 heavy (non-hydrogen) atoms. The molecule has 2 heterocycles. The first-order valence-electron chi connectivity index (χ1n) is 8.84. The zero-order valence-corrected chi connectivity index (χ0v) is 15.2. The second-order valence-electron chi connectivity index (χ2n) is 7.06. The van der Waals surface area contributed by atoms with Crippen molar-refractivity contribution in [1.29, 1.82) is 0 Å². The Morgan fingerprint density at radius 2 is 1.96 bits per heavy atom. The Balaban J connectivity index is 1.53. The number of anilines is 1. The van der Waals surface area contributed by atoms with Gasteiger partial charge in [-0.05, 0) is 37.1 Å². The topological polar surface area (TPSA) is 72.9 Å². The van der Waals surface area contributed by atoms with Crippen molar-refractivity contribution in [1.82, 2.24) is 0 Å². The molecule has 0 saturated carbocycles. The van der Waals surface area contributed by atoms with E-state index >= 15 is 0 Å². The van der Waals surface area contributed by atoms with E-state index < -0.39 is 5.97 Å². The zero-order chi connectivity index (χ0) is 18.8. The van der Waals surface area contributed by atoms with Crippen LogP contribution in [0.15, 0.2) is 35.9 Å². The molecule has 0 N–H and O–H groups in total. The minimum absolute atomic E-state index is 0.160. The molecule has 1 aromatic rings. The molecule has 6 heteroatoms. The van der Waals surface area contributed by atoms with Gasteiger partial charge in [-0.3, -0.25) is 9.59 Å². The average Bonchev–Trinajstić information content (AvgIpc) is 2.82. The Bertz CT molecular complexity index is 750. The lowest BCUT2D eigenvalue weighted by molar-refractivity contribution is -0.139. The van der Waals surface area contributed by atoms with Gasteiger partial charge in [-0.2, -0.15) is 0 Å². The third-order valence-electron chi connectivity index (χ3n) is 4.93. The van der Waals surface area contributed by atoms with Crippen molar-refractivity contribution in [3.63, 3.8) is 0 Å². The molecule has 0 aliphatic carbocycles. The maximum Gasteiger partial charge on any atom is 0.338 e. The highest BCUT2D eigenvalue weighted by atomic mass is 16.5. The maximum atomic E-state index is 12.1. The maximum absolute atomic E-state index is 12.1. The van der Waals surface area contributed by atoms with Gasteiger partial charge in [0.1, 0.15) is 0 Å². The van der Waals surface area contributed by atoms with Crippen molar-refractivity contribution in [2.24, 2.45) is 11.8 Å². The predicted molar refractivity (Wildman–Crippen MR) is 95.7 cm³/mol. The van der Waals surface area contributed by atoms with Gasteiger partial charge < -0.3 is 9.47 Å². The fraction of sp³-hybridized carbons (Fsp3) is 0.450. The number of imide groups is 1. The highest BCUT2D eigenvalue weighted by Crippen LogP contribution is 2.30. The summed E-state index contributed by atoms with van der Waals surface area (Å²) in [5.74, 6) is -0.0503. The SMILES string of the molecule is CC1=CC(=O)N(c2ccc(C(=O)OCCC3OCC3C(C)C)cc2)C1=O. The number of carbonyl (C=O) groups is 3. The largest absolute Gasteiger partial charge is 0.462 e. The van der Waals surface area contributed by atoms with Crippen molar-refractivity contribution in [3.05, 3.63) is 41.5 Å². The molecule has 3 rings (SSSR count). The Morgan fingerprint density at radius 3 is 2.46 bits per heavy atom. The van der Waals surface area contributed by atoms with E-state index in [0.29, 0.717) is 41.7 Å². The van der Waals surface area contributed by atoms with E-state index in [9.17, 15) is 14.4 Å². The van der Waals surface area contributed by atoms with Gasteiger partial charge in [-0.1, -0.05) is 13.8 Å². The van der Waals surface area contributed by atoms with Crippen LogP contribution in [0.1, 0.15) is 37.6 Å². The van der Waals surface area contributed by atoms with Crippen molar-refractivity contribution >= 4 is 23.5 Å². The molecule has 6 nitrogen and oxygen atoms in total. The van der Waals surface area contributed by atoms with Crippen molar-refractivity contribution < 1.29 is 23.9 Å². The molecule has 0 aromatic heterocycles. The van der Waals surface area contributed by atoms with Gasteiger partial charge in [0, 0.05) is 24.0 Å². The number of amides is 2. The monoisotopic (exact) mass is 357 g/mol. The first-order chi connectivity index (χ1) is 12.4. The van der Waals surface area contributed by atoms with Crippen LogP contribution in [0, 0.1) is 11.8 Å². The average molecular weight is 357 g/mol. The molecule has 1 saturated heterocycles. The van der Waals surface area contributed by atoms with E-state index in [4.69, 9.17) is 9.47 Å². The number of ether oxygens (including phenoxy) is 2. The third kappa shape index (κ3) is 3.55. The van der Waals surface area contributed by atoms with Crippen LogP contribution in [0.3, 0.4) is 0 Å². The summed E-state index contributed by atoms with van der Waals surface area (Å²) in [5.41, 5.74) is 1.22. The van der Waals surface area contributed by atoms with E-state index in [0.717, 1.165) is 11.5 Å². The molecular formula is C20H23NO5. The zero-order valence-electron chi connectivity index (χ0n) is 15.2. The molecule has 138 valence electrons. The fourth-order valence-electron chi connectivity index (χ4n) is 3.19. The molecule has 2 unspecified atom stereocenters. The van der Waals surface area contributed by atoms with E-state index in [2.05, 4.69) is 13.8 Å². The predicted octanol–water partition coefficient (Wildman–Crippen LogP) is 2.72. The van der Waals surface area contributed by atoms with E-state index in [1.54, 1.807) is 31.2 Å². The molecule has 2 amide bonds. The molecule has 0 bridgehead atoms. The van der Waals surface area contributed by atoms with Crippen LogP contribution in [0.4, 0.5) is 5.69 Å². The van der Waals surface area contributed by atoms with E-state index in [1.807, 2.05) is 0 Å². The number of nitrogens with zero attached hydrogens (tertiary/aromatic N) is 1. The summed E-state index contributed by atoms with van der Waals surface area (Å²) in [6.45, 7) is 7.02. The number of rotatable bonds is 6. The summed E-state index contributed by atoms with van der Waals surface area (Å²) < 4.78 is 10.8. The Hall–Kier alpha value is -2.47. The van der Waals surface area contributed by atoms with Crippen molar-refractivity contribution in [2.45, 2.75) is 33.3 Å². The lowest BCUT2D eigenvalue weighted by Crippen LogP contribution is -2.43. The van der Waals surface area contributed by atoms with Crippen LogP contribution in [0.5, 0.6) is 0 Å². The Labute approximate surface area is 152 Å². The minimum Gasteiger partial charge on any atom is -0.462 e. The van der Waals surface area contributed by atoms with Gasteiger partial charge in [-0.15, -0.1) is 0 Å². The van der Waals surface area contributed by atoms with Gasteiger partial charge >= 0.3 is 5.97 Å². The smallest absolute Gasteiger partial charge is 0.338 e. The quantitative estimate of drug-likeness (QED) is 0.578. The van der Waals surface area contributed by atoms with Gasteiger partial charge in [0.25, 0.3) is 11.8 Å². The van der Waals surface area contributed by atoms with Gasteiger partial charge in [0.15, 0.2) is 0 Å². The highest BCUT2D eigenvalue weighted by Gasteiger charge is 2.34. The van der Waals surface area contributed by atoms with Gasteiger partial charge in [0.2, 0.25) is 0 Å². The lowest BCUT2D eigenvalue weighted by atomic mass is 9.85. The van der Waals surface area contributed by atoms with Crippen molar-refractivity contribution in [2.75, 3.05) is 18.1 Å². The second kappa shape index (κ2) is 7.41. The minimum atomic E-state index is -0.426. The van der Waals surface area contributed by atoms with E-state index in [1.165, 1.54) is 6.08 Å². The first kappa shape index (κ1) is 18.3. The second-order valence-corrected chi connectivity index (χ2v) is 7.06. The first-order valence-corrected chi connectivity index (χ1v) is 8.84. The lowest BCUT2D eigenvalue weighted by Gasteiger charge is -2.39. The summed E-state index contributed by atoms with van der Waals surface area (Å²) in [7, 11) is 0. The van der Waals surface area contributed by atoms with Crippen LogP contribution < -0.4 is 4.90 Å². The van der Waals surface area contributed by atoms with Crippen LogP contribution >= 0.6 is 0 Å². The molecule has 0 radical (unpaired) electrons.